The summed E-state index contributed by atoms with van der Waals surface area (Å²) in [6.45, 7) is 4.81. The molecule has 0 amide bonds. The van der Waals surface area contributed by atoms with Gasteiger partial charge in [-0.1, -0.05) is 54.6 Å². The number of hydrogen-bond donors (Lipinski definition) is 2. The maximum atomic E-state index is 4.05. The van der Waals surface area contributed by atoms with Gasteiger partial charge >= 0.3 is 0 Å². The number of aryl methyl sites for hydroxylation is 1. The lowest BCUT2D eigenvalue weighted by atomic mass is 9.71. The molecule has 0 saturated carbocycles. The molecule has 2 aromatic carbocycles. The van der Waals surface area contributed by atoms with Gasteiger partial charge in [-0.05, 0) is 67.2 Å². The average molecular weight is 388 g/mol. The minimum Gasteiger partial charge on any atom is -0.316 e. The first-order valence-electron chi connectivity index (χ1n) is 11.7. The topological polar surface area (TPSA) is 27.3 Å². The maximum Gasteiger partial charge on any atom is 0.0371 e. The number of piperidine rings is 1. The van der Waals surface area contributed by atoms with Crippen LogP contribution in [0.15, 0.2) is 54.6 Å². The first-order chi connectivity index (χ1) is 14.3. The van der Waals surface area contributed by atoms with Crippen LogP contribution in [0, 0.1) is 11.8 Å². The summed E-state index contributed by atoms with van der Waals surface area (Å²) in [5, 5.41) is 7.73. The third kappa shape index (κ3) is 2.98. The van der Waals surface area contributed by atoms with E-state index in [1.807, 2.05) is 0 Å². The molecule has 2 N–H and O–H groups in total. The molecule has 3 heteroatoms. The molecule has 3 heterocycles. The van der Waals surface area contributed by atoms with Crippen LogP contribution in [0.4, 0.5) is 0 Å². The second-order valence-electron chi connectivity index (χ2n) is 9.79. The molecule has 6 rings (SSSR count). The second-order valence-corrected chi connectivity index (χ2v) is 9.79. The predicted octanol–water partition coefficient (Wildman–Crippen LogP) is 4.08. The quantitative estimate of drug-likeness (QED) is 0.813. The summed E-state index contributed by atoms with van der Waals surface area (Å²) in [6, 6.07) is 21.6. The summed E-state index contributed by atoms with van der Waals surface area (Å²) in [6.07, 6.45) is 6.40. The number of nitrogens with one attached hydrogen (secondary N) is 2. The molecule has 3 saturated heterocycles. The molecule has 3 fully saturated rings. The van der Waals surface area contributed by atoms with Gasteiger partial charge < -0.3 is 10.6 Å². The highest BCUT2D eigenvalue weighted by Crippen LogP contribution is 2.50. The highest BCUT2D eigenvalue weighted by molar-refractivity contribution is 5.33. The van der Waals surface area contributed by atoms with Crippen molar-refractivity contribution >= 4 is 0 Å². The summed E-state index contributed by atoms with van der Waals surface area (Å²) in [7, 11) is 0. The van der Waals surface area contributed by atoms with Gasteiger partial charge in [0.05, 0.1) is 0 Å². The molecule has 2 aromatic rings. The fraction of sp³-hybridized carbons (Fsp3) is 0.538. The van der Waals surface area contributed by atoms with Crippen molar-refractivity contribution in [2.45, 2.75) is 49.7 Å². The predicted molar refractivity (Wildman–Crippen MR) is 118 cm³/mol. The van der Waals surface area contributed by atoms with E-state index in [9.17, 15) is 0 Å². The number of nitrogens with zero attached hydrogens (tertiary/aromatic N) is 1. The highest BCUT2D eigenvalue weighted by Gasteiger charge is 2.54. The monoisotopic (exact) mass is 387 g/mol. The van der Waals surface area contributed by atoms with E-state index in [1.54, 1.807) is 11.1 Å². The van der Waals surface area contributed by atoms with E-state index < -0.39 is 0 Å². The Morgan fingerprint density at radius 3 is 2.69 bits per heavy atom. The number of rotatable bonds is 2. The van der Waals surface area contributed by atoms with Crippen molar-refractivity contribution in [3.05, 3.63) is 71.3 Å². The lowest BCUT2D eigenvalue weighted by Crippen LogP contribution is -2.56. The van der Waals surface area contributed by atoms with Crippen LogP contribution in [0.1, 0.15) is 54.5 Å². The molecule has 0 bridgehead atoms. The first-order valence-corrected chi connectivity index (χ1v) is 11.7. The lowest BCUT2D eigenvalue weighted by Gasteiger charge is -2.51. The van der Waals surface area contributed by atoms with Crippen LogP contribution in [0.5, 0.6) is 0 Å². The Bertz CT molecular complexity index is 865. The summed E-state index contributed by atoms with van der Waals surface area (Å²) >= 11 is 0. The number of fused-ring (bicyclic) bond motifs is 3. The molecule has 3 aliphatic heterocycles. The Morgan fingerprint density at radius 2 is 1.76 bits per heavy atom. The van der Waals surface area contributed by atoms with Gasteiger partial charge in [0.15, 0.2) is 0 Å². The van der Waals surface area contributed by atoms with Crippen LogP contribution < -0.4 is 10.6 Å². The number of likely N-dealkylation sites (tertiary alicyclic amines) is 1. The maximum absolute atomic E-state index is 4.05. The third-order valence-electron chi connectivity index (χ3n) is 8.46. The van der Waals surface area contributed by atoms with Crippen LogP contribution in [-0.2, 0) is 6.42 Å². The molecule has 3 nitrogen and oxygen atoms in total. The fourth-order valence-corrected chi connectivity index (χ4v) is 7.04. The van der Waals surface area contributed by atoms with Crippen LogP contribution in [-0.4, -0.2) is 36.6 Å². The Kier molecular flexibility index (Phi) is 4.52. The molecule has 29 heavy (non-hydrogen) atoms. The molecule has 4 aliphatic rings. The molecule has 152 valence electrons. The lowest BCUT2D eigenvalue weighted by molar-refractivity contribution is 0.0238. The van der Waals surface area contributed by atoms with E-state index in [0.717, 1.165) is 11.8 Å². The zero-order chi connectivity index (χ0) is 19.3. The van der Waals surface area contributed by atoms with Gasteiger partial charge in [-0.3, -0.25) is 4.90 Å². The standard InChI is InChI=1S/C26H33N3/c1-2-8-20(9-3-1)25-15-26(23-18-27-16-21(23)17-28-26)13-14-29(25)24-12-6-10-19-7-4-5-11-22(19)24/h1-5,7-9,11,21,23-25,27-28H,6,10,12-18H2/t21-,23-,24-,25?,26?/m1/s1. The van der Waals surface area contributed by atoms with E-state index in [2.05, 4.69) is 70.1 Å². The van der Waals surface area contributed by atoms with Crippen molar-refractivity contribution in [3.63, 3.8) is 0 Å². The number of hydrogen-bond acceptors (Lipinski definition) is 3. The first kappa shape index (κ1) is 18.1. The SMILES string of the molecule is c1ccc(C2CC3(CCN2[C@@H]2CCCc4ccccc42)NC[C@H]2CNC[C@H]23)cc1. The van der Waals surface area contributed by atoms with E-state index in [4.69, 9.17) is 0 Å². The van der Waals surface area contributed by atoms with Crippen LogP contribution in [0.25, 0.3) is 0 Å². The third-order valence-corrected chi connectivity index (χ3v) is 8.46. The van der Waals surface area contributed by atoms with Crippen molar-refractivity contribution in [2.75, 3.05) is 26.2 Å². The normalized spacial score (nSPS) is 36.8. The van der Waals surface area contributed by atoms with Gasteiger partial charge in [-0.25, -0.2) is 0 Å². The molecule has 2 unspecified atom stereocenters. The zero-order valence-corrected chi connectivity index (χ0v) is 17.3. The summed E-state index contributed by atoms with van der Waals surface area (Å²) in [4.78, 5) is 2.87. The molecular weight excluding hydrogens is 354 g/mol. The van der Waals surface area contributed by atoms with Crippen LogP contribution >= 0.6 is 0 Å². The summed E-state index contributed by atoms with van der Waals surface area (Å²) in [5.41, 5.74) is 5.00. The fourth-order valence-electron chi connectivity index (χ4n) is 7.04. The minimum atomic E-state index is 0.319. The van der Waals surface area contributed by atoms with E-state index in [1.165, 1.54) is 63.8 Å². The van der Waals surface area contributed by atoms with Gasteiger partial charge in [-0.2, -0.15) is 0 Å². The van der Waals surface area contributed by atoms with Crippen LogP contribution in [0.3, 0.4) is 0 Å². The molecule has 0 aromatic heterocycles. The largest absolute Gasteiger partial charge is 0.316 e. The van der Waals surface area contributed by atoms with Gasteiger partial charge in [0.2, 0.25) is 0 Å². The van der Waals surface area contributed by atoms with E-state index >= 15 is 0 Å². The van der Waals surface area contributed by atoms with Crippen LogP contribution in [0.2, 0.25) is 0 Å². The van der Waals surface area contributed by atoms with Crippen molar-refractivity contribution in [3.8, 4) is 0 Å². The van der Waals surface area contributed by atoms with Gasteiger partial charge in [0, 0.05) is 37.3 Å². The highest BCUT2D eigenvalue weighted by atomic mass is 15.2. The minimum absolute atomic E-state index is 0.319. The Labute approximate surface area is 174 Å². The molecule has 5 atom stereocenters. The van der Waals surface area contributed by atoms with Crippen molar-refractivity contribution in [1.82, 2.24) is 15.5 Å². The van der Waals surface area contributed by atoms with Gasteiger partial charge in [0.25, 0.3) is 0 Å². The molecular formula is C26H33N3. The van der Waals surface area contributed by atoms with Gasteiger partial charge in [0.1, 0.15) is 0 Å². The summed E-state index contributed by atoms with van der Waals surface area (Å²) < 4.78 is 0. The second kappa shape index (κ2) is 7.23. The Morgan fingerprint density at radius 1 is 0.897 bits per heavy atom. The summed E-state index contributed by atoms with van der Waals surface area (Å²) in [5.74, 6) is 1.63. The average Bonchev–Trinajstić information content (AvgIpc) is 3.39. The Hall–Kier alpha value is -1.68. The van der Waals surface area contributed by atoms with Crippen molar-refractivity contribution < 1.29 is 0 Å². The molecule has 1 aliphatic carbocycles. The van der Waals surface area contributed by atoms with E-state index in [-0.39, 0.29) is 0 Å². The van der Waals surface area contributed by atoms with Crippen molar-refractivity contribution in [1.29, 1.82) is 0 Å². The van der Waals surface area contributed by atoms with Crippen molar-refractivity contribution in [2.24, 2.45) is 11.8 Å². The molecule has 0 radical (unpaired) electrons. The van der Waals surface area contributed by atoms with Gasteiger partial charge in [-0.15, -0.1) is 0 Å². The number of benzene rings is 2. The molecule has 1 spiro atoms. The smallest absolute Gasteiger partial charge is 0.0371 e. The zero-order valence-electron chi connectivity index (χ0n) is 17.3. The Balaban J connectivity index is 1.37. The van der Waals surface area contributed by atoms with E-state index in [0.29, 0.717) is 17.6 Å².